The molecule has 122 valence electrons. The van der Waals surface area contributed by atoms with Crippen LogP contribution in [0.1, 0.15) is 28.6 Å². The molecule has 1 heterocycles. The molecule has 0 bridgehead atoms. The minimum Gasteiger partial charge on any atom is -0.508 e. The zero-order valence-electron chi connectivity index (χ0n) is 13.0. The smallest absolute Gasteiger partial charge is 0.306 e. The molecule has 2 N–H and O–H groups in total. The molecule has 0 saturated heterocycles. The summed E-state index contributed by atoms with van der Waals surface area (Å²) in [5.41, 5.74) is 1.23. The lowest BCUT2D eigenvalue weighted by Gasteiger charge is -2.06. The van der Waals surface area contributed by atoms with Crippen molar-refractivity contribution >= 4 is 22.7 Å². The van der Waals surface area contributed by atoms with E-state index < -0.39 is 11.9 Å². The van der Waals surface area contributed by atoms with Crippen molar-refractivity contribution in [3.05, 3.63) is 65.4 Å². The van der Waals surface area contributed by atoms with Crippen molar-refractivity contribution in [3.63, 3.8) is 0 Å². The number of furan rings is 1. The predicted molar refractivity (Wildman–Crippen MR) is 88.3 cm³/mol. The van der Waals surface area contributed by atoms with Crippen molar-refractivity contribution in [2.75, 3.05) is 0 Å². The molecule has 1 atom stereocenters. The van der Waals surface area contributed by atoms with Gasteiger partial charge in [0.25, 0.3) is 0 Å². The number of benzene rings is 2. The van der Waals surface area contributed by atoms with E-state index in [2.05, 4.69) is 0 Å². The van der Waals surface area contributed by atoms with Gasteiger partial charge in [0.2, 0.25) is 0 Å². The Hall–Kier alpha value is -3.08. The van der Waals surface area contributed by atoms with Crippen LogP contribution in [0.15, 0.2) is 52.9 Å². The fourth-order valence-corrected chi connectivity index (χ4v) is 2.63. The lowest BCUT2D eigenvalue weighted by atomic mass is 9.96. The first-order valence-corrected chi connectivity index (χ1v) is 7.54. The number of phenols is 1. The zero-order valence-corrected chi connectivity index (χ0v) is 13.0. The number of rotatable bonds is 5. The number of carboxylic acids is 1. The van der Waals surface area contributed by atoms with Crippen molar-refractivity contribution in [2.45, 2.75) is 13.3 Å². The molecule has 0 spiro atoms. The van der Waals surface area contributed by atoms with Crippen LogP contribution >= 0.6 is 0 Å². The summed E-state index contributed by atoms with van der Waals surface area (Å²) in [7, 11) is 0. The Kier molecular flexibility index (Phi) is 4.08. The van der Waals surface area contributed by atoms with Gasteiger partial charge in [-0.15, -0.1) is 0 Å². The first-order valence-electron chi connectivity index (χ1n) is 7.54. The lowest BCUT2D eigenvalue weighted by molar-refractivity contribution is -0.141. The Morgan fingerprint density at radius 3 is 2.50 bits per heavy atom. The van der Waals surface area contributed by atoms with E-state index in [1.54, 1.807) is 37.3 Å². The van der Waals surface area contributed by atoms with Crippen LogP contribution in [0.3, 0.4) is 0 Å². The molecule has 5 nitrogen and oxygen atoms in total. The Labute approximate surface area is 138 Å². The number of carboxylic acid groups (broad SMARTS) is 1. The van der Waals surface area contributed by atoms with Gasteiger partial charge < -0.3 is 14.6 Å². The molecule has 24 heavy (non-hydrogen) atoms. The first-order chi connectivity index (χ1) is 11.5. The molecule has 0 aliphatic carbocycles. The molecule has 0 radical (unpaired) electrons. The SMILES string of the molecule is CC(Cc1oc2ccc(O)cc2c1C(=O)c1ccccc1)C(=O)O. The van der Waals surface area contributed by atoms with Crippen LogP contribution in [0, 0.1) is 5.92 Å². The van der Waals surface area contributed by atoms with Crippen molar-refractivity contribution < 1.29 is 24.2 Å². The van der Waals surface area contributed by atoms with Crippen LogP contribution in [0.5, 0.6) is 5.75 Å². The molecule has 0 fully saturated rings. The summed E-state index contributed by atoms with van der Waals surface area (Å²) in [5.74, 6) is -1.58. The van der Waals surface area contributed by atoms with Crippen molar-refractivity contribution in [3.8, 4) is 5.75 Å². The first kappa shape index (κ1) is 15.8. The third-order valence-corrected chi connectivity index (χ3v) is 3.92. The quantitative estimate of drug-likeness (QED) is 0.700. The number of carbonyl (C=O) groups is 2. The second-order valence-electron chi connectivity index (χ2n) is 5.72. The minimum absolute atomic E-state index is 0.0169. The maximum absolute atomic E-state index is 12.9. The highest BCUT2D eigenvalue weighted by atomic mass is 16.4. The Balaban J connectivity index is 2.17. The molecule has 1 unspecified atom stereocenters. The molecule has 0 saturated carbocycles. The van der Waals surface area contributed by atoms with E-state index in [1.165, 1.54) is 12.1 Å². The number of hydrogen-bond donors (Lipinski definition) is 2. The van der Waals surface area contributed by atoms with Crippen LogP contribution in [0.2, 0.25) is 0 Å². The Morgan fingerprint density at radius 1 is 1.12 bits per heavy atom. The highest BCUT2D eigenvalue weighted by molar-refractivity contribution is 6.17. The van der Waals surface area contributed by atoms with Gasteiger partial charge in [0.05, 0.1) is 11.5 Å². The van der Waals surface area contributed by atoms with Gasteiger partial charge in [-0.25, -0.2) is 0 Å². The van der Waals surface area contributed by atoms with Crippen LogP contribution in [0.25, 0.3) is 11.0 Å². The highest BCUT2D eigenvalue weighted by Gasteiger charge is 2.25. The monoisotopic (exact) mass is 324 g/mol. The summed E-state index contributed by atoms with van der Waals surface area (Å²) < 4.78 is 5.72. The maximum atomic E-state index is 12.9. The fraction of sp³-hybridized carbons (Fsp3) is 0.158. The van der Waals surface area contributed by atoms with Crippen molar-refractivity contribution in [2.24, 2.45) is 5.92 Å². The second-order valence-corrected chi connectivity index (χ2v) is 5.72. The van der Waals surface area contributed by atoms with Gasteiger partial charge in [0.1, 0.15) is 17.1 Å². The van der Waals surface area contributed by atoms with Crippen LogP contribution in [-0.4, -0.2) is 22.0 Å². The molecule has 0 aliphatic rings. The highest BCUT2D eigenvalue weighted by Crippen LogP contribution is 2.32. The van der Waals surface area contributed by atoms with Gasteiger partial charge in [-0.1, -0.05) is 37.3 Å². The van der Waals surface area contributed by atoms with Gasteiger partial charge in [0.15, 0.2) is 5.78 Å². The second kappa shape index (κ2) is 6.20. The number of hydrogen-bond acceptors (Lipinski definition) is 4. The number of fused-ring (bicyclic) bond motifs is 1. The van der Waals surface area contributed by atoms with Gasteiger partial charge in [0, 0.05) is 17.4 Å². The third-order valence-electron chi connectivity index (χ3n) is 3.92. The summed E-state index contributed by atoms with van der Waals surface area (Å²) >= 11 is 0. The topological polar surface area (TPSA) is 87.7 Å². The molecule has 5 heteroatoms. The fourth-order valence-electron chi connectivity index (χ4n) is 2.63. The van der Waals surface area contributed by atoms with Crippen molar-refractivity contribution in [1.29, 1.82) is 0 Å². The summed E-state index contributed by atoms with van der Waals surface area (Å²) in [4.78, 5) is 24.1. The molecule has 0 amide bonds. The average Bonchev–Trinajstić information content (AvgIpc) is 2.91. The van der Waals surface area contributed by atoms with E-state index in [-0.39, 0.29) is 18.0 Å². The standard InChI is InChI=1S/C19H16O5/c1-11(19(22)23)9-16-17(18(21)12-5-3-2-4-6-12)14-10-13(20)7-8-15(14)24-16/h2-8,10-11,20H,9H2,1H3,(H,22,23). The number of ketones is 1. The van der Waals surface area contributed by atoms with Crippen LogP contribution in [0.4, 0.5) is 0 Å². The summed E-state index contributed by atoms with van der Waals surface area (Å²) in [6, 6.07) is 13.2. The molecular weight excluding hydrogens is 308 g/mol. The van der Waals surface area contributed by atoms with E-state index in [9.17, 15) is 14.7 Å². The molecular formula is C19H16O5. The Bertz CT molecular complexity index is 908. The van der Waals surface area contributed by atoms with E-state index in [0.717, 1.165) is 0 Å². The number of aromatic hydroxyl groups is 1. The molecule has 3 aromatic rings. The molecule has 2 aromatic carbocycles. The van der Waals surface area contributed by atoms with Crippen molar-refractivity contribution in [1.82, 2.24) is 0 Å². The van der Waals surface area contributed by atoms with Crippen LogP contribution in [-0.2, 0) is 11.2 Å². The number of aliphatic carboxylic acids is 1. The van der Waals surface area contributed by atoms with E-state index in [1.807, 2.05) is 6.07 Å². The third kappa shape index (κ3) is 2.88. The molecule has 3 rings (SSSR count). The predicted octanol–water partition coefficient (Wildman–Crippen LogP) is 3.63. The minimum atomic E-state index is -0.962. The van der Waals surface area contributed by atoms with Gasteiger partial charge in [-0.3, -0.25) is 9.59 Å². The zero-order chi connectivity index (χ0) is 17.3. The largest absolute Gasteiger partial charge is 0.508 e. The van der Waals surface area contributed by atoms with Gasteiger partial charge >= 0.3 is 5.97 Å². The maximum Gasteiger partial charge on any atom is 0.306 e. The van der Waals surface area contributed by atoms with Crippen LogP contribution < -0.4 is 0 Å². The number of phenolic OH excluding ortho intramolecular Hbond substituents is 1. The van der Waals surface area contributed by atoms with E-state index in [4.69, 9.17) is 9.52 Å². The summed E-state index contributed by atoms with van der Waals surface area (Å²) in [6.07, 6.45) is 0.0959. The summed E-state index contributed by atoms with van der Waals surface area (Å²) in [6.45, 7) is 1.56. The normalized spacial score (nSPS) is 12.2. The average molecular weight is 324 g/mol. The number of carbonyl (C=O) groups excluding carboxylic acids is 1. The van der Waals surface area contributed by atoms with E-state index in [0.29, 0.717) is 27.9 Å². The molecule has 1 aromatic heterocycles. The van der Waals surface area contributed by atoms with Gasteiger partial charge in [-0.05, 0) is 18.2 Å². The van der Waals surface area contributed by atoms with Gasteiger partial charge in [-0.2, -0.15) is 0 Å². The summed E-state index contributed by atoms with van der Waals surface area (Å²) in [5, 5.41) is 19.4. The van der Waals surface area contributed by atoms with E-state index >= 15 is 0 Å². The Morgan fingerprint density at radius 2 is 1.83 bits per heavy atom. The lowest BCUT2D eigenvalue weighted by Crippen LogP contribution is -2.14. The molecule has 0 aliphatic heterocycles.